The van der Waals surface area contributed by atoms with Crippen LogP contribution in [0, 0.1) is 0 Å². The van der Waals surface area contributed by atoms with Crippen LogP contribution in [0.15, 0.2) is 0 Å². The SMILES string of the molecule is NCCCc1c2c(c(Cl)c3c1OCC3)OCC2. The van der Waals surface area contributed by atoms with E-state index in [1.165, 1.54) is 11.1 Å². The fraction of sp³-hybridized carbons (Fsp3) is 0.538. The summed E-state index contributed by atoms with van der Waals surface area (Å²) in [6.45, 7) is 2.16. The van der Waals surface area contributed by atoms with Crippen molar-refractivity contribution in [1.82, 2.24) is 0 Å². The Kier molecular flexibility index (Phi) is 2.89. The maximum atomic E-state index is 6.38. The molecule has 4 heteroatoms. The third kappa shape index (κ3) is 1.69. The van der Waals surface area contributed by atoms with E-state index in [1.807, 2.05) is 0 Å². The van der Waals surface area contributed by atoms with Crippen LogP contribution in [-0.2, 0) is 19.3 Å². The summed E-state index contributed by atoms with van der Waals surface area (Å²) in [5.74, 6) is 1.90. The van der Waals surface area contributed by atoms with Gasteiger partial charge in [0.15, 0.2) is 0 Å². The lowest BCUT2D eigenvalue weighted by atomic mass is 9.96. The Balaban J connectivity index is 2.12. The van der Waals surface area contributed by atoms with Gasteiger partial charge in [-0.25, -0.2) is 0 Å². The predicted octanol–water partition coefficient (Wildman–Crippen LogP) is 2.10. The van der Waals surface area contributed by atoms with E-state index in [4.69, 9.17) is 26.8 Å². The molecule has 2 heterocycles. The lowest BCUT2D eigenvalue weighted by Crippen LogP contribution is -2.03. The van der Waals surface area contributed by atoms with Crippen LogP contribution in [0.1, 0.15) is 23.1 Å². The van der Waals surface area contributed by atoms with Crippen LogP contribution in [0.5, 0.6) is 11.5 Å². The van der Waals surface area contributed by atoms with E-state index < -0.39 is 0 Å². The number of ether oxygens (including phenoxy) is 2. The van der Waals surface area contributed by atoms with Gasteiger partial charge in [-0.2, -0.15) is 0 Å². The monoisotopic (exact) mass is 253 g/mol. The van der Waals surface area contributed by atoms with Crippen LogP contribution in [0.4, 0.5) is 0 Å². The normalized spacial score (nSPS) is 16.4. The van der Waals surface area contributed by atoms with E-state index in [0.29, 0.717) is 6.54 Å². The van der Waals surface area contributed by atoms with Crippen molar-refractivity contribution in [1.29, 1.82) is 0 Å². The molecule has 0 bridgehead atoms. The number of benzene rings is 1. The van der Waals surface area contributed by atoms with Gasteiger partial charge in [-0.1, -0.05) is 11.6 Å². The summed E-state index contributed by atoms with van der Waals surface area (Å²) in [4.78, 5) is 0. The summed E-state index contributed by atoms with van der Waals surface area (Å²) in [5, 5.41) is 0.765. The molecule has 0 fully saturated rings. The largest absolute Gasteiger partial charge is 0.493 e. The average Bonchev–Trinajstić information content (AvgIpc) is 2.97. The quantitative estimate of drug-likeness (QED) is 0.897. The van der Waals surface area contributed by atoms with Crippen LogP contribution in [-0.4, -0.2) is 19.8 Å². The summed E-state index contributed by atoms with van der Waals surface area (Å²) in [5.41, 5.74) is 9.24. The summed E-state index contributed by atoms with van der Waals surface area (Å²) < 4.78 is 11.4. The molecule has 0 radical (unpaired) electrons. The summed E-state index contributed by atoms with van der Waals surface area (Å²) in [6, 6.07) is 0. The first-order chi connectivity index (χ1) is 8.33. The molecule has 0 atom stereocenters. The Hall–Kier alpha value is -0.930. The number of nitrogens with two attached hydrogens (primary N) is 1. The lowest BCUT2D eigenvalue weighted by Gasteiger charge is -2.14. The standard InChI is InChI=1S/C13H16ClNO2/c14-11-10-4-7-16-12(10)8(2-1-5-15)9-3-6-17-13(9)11/h1-7,15H2. The molecule has 92 valence electrons. The highest BCUT2D eigenvalue weighted by molar-refractivity contribution is 6.33. The molecule has 0 aromatic heterocycles. The lowest BCUT2D eigenvalue weighted by molar-refractivity contribution is 0.352. The number of rotatable bonds is 3. The maximum Gasteiger partial charge on any atom is 0.142 e. The molecule has 17 heavy (non-hydrogen) atoms. The smallest absolute Gasteiger partial charge is 0.142 e. The van der Waals surface area contributed by atoms with Gasteiger partial charge in [0.05, 0.1) is 18.2 Å². The molecule has 0 spiro atoms. The van der Waals surface area contributed by atoms with E-state index in [-0.39, 0.29) is 0 Å². The van der Waals surface area contributed by atoms with Crippen molar-refractivity contribution in [3.8, 4) is 11.5 Å². The molecular formula is C13H16ClNO2. The Morgan fingerprint density at radius 3 is 2.53 bits per heavy atom. The van der Waals surface area contributed by atoms with Crippen molar-refractivity contribution in [3.05, 3.63) is 21.7 Å². The second-order valence-corrected chi connectivity index (χ2v) is 4.88. The van der Waals surface area contributed by atoms with Crippen molar-refractivity contribution < 1.29 is 9.47 Å². The Bertz CT molecular complexity index is 424. The van der Waals surface area contributed by atoms with Gasteiger partial charge in [0, 0.05) is 29.5 Å². The molecule has 0 saturated carbocycles. The van der Waals surface area contributed by atoms with E-state index in [1.54, 1.807) is 0 Å². The van der Waals surface area contributed by atoms with Gasteiger partial charge in [-0.3, -0.25) is 0 Å². The number of halogens is 1. The molecule has 3 rings (SSSR count). The van der Waals surface area contributed by atoms with Gasteiger partial charge >= 0.3 is 0 Å². The van der Waals surface area contributed by atoms with Gasteiger partial charge in [-0.15, -0.1) is 0 Å². The second kappa shape index (κ2) is 4.39. The summed E-state index contributed by atoms with van der Waals surface area (Å²) in [7, 11) is 0. The Labute approximate surface area is 106 Å². The molecule has 0 amide bonds. The number of hydrogen-bond acceptors (Lipinski definition) is 3. The molecular weight excluding hydrogens is 238 g/mol. The van der Waals surface area contributed by atoms with E-state index in [2.05, 4.69) is 0 Å². The Morgan fingerprint density at radius 2 is 1.76 bits per heavy atom. The van der Waals surface area contributed by atoms with Crippen LogP contribution < -0.4 is 15.2 Å². The minimum absolute atomic E-state index is 0.701. The first kappa shape index (κ1) is 11.2. The first-order valence-electron chi connectivity index (χ1n) is 6.14. The molecule has 2 N–H and O–H groups in total. The molecule has 2 aliphatic heterocycles. The molecule has 0 aliphatic carbocycles. The van der Waals surface area contributed by atoms with E-state index in [0.717, 1.165) is 61.0 Å². The minimum Gasteiger partial charge on any atom is -0.493 e. The van der Waals surface area contributed by atoms with Crippen LogP contribution in [0.3, 0.4) is 0 Å². The number of hydrogen-bond donors (Lipinski definition) is 1. The molecule has 1 aromatic rings. The zero-order valence-electron chi connectivity index (χ0n) is 9.72. The van der Waals surface area contributed by atoms with Crippen LogP contribution in [0.2, 0.25) is 5.02 Å². The van der Waals surface area contributed by atoms with Crippen LogP contribution in [0.25, 0.3) is 0 Å². The van der Waals surface area contributed by atoms with Crippen LogP contribution >= 0.6 is 11.6 Å². The number of fused-ring (bicyclic) bond motifs is 2. The molecule has 0 saturated heterocycles. The van der Waals surface area contributed by atoms with Gasteiger partial charge in [-0.05, 0) is 19.4 Å². The maximum absolute atomic E-state index is 6.38. The molecule has 2 aliphatic rings. The van der Waals surface area contributed by atoms with Gasteiger partial charge in [0.1, 0.15) is 11.5 Å². The predicted molar refractivity (Wildman–Crippen MR) is 67.2 cm³/mol. The topological polar surface area (TPSA) is 44.5 Å². The van der Waals surface area contributed by atoms with E-state index in [9.17, 15) is 0 Å². The molecule has 1 aromatic carbocycles. The zero-order chi connectivity index (χ0) is 11.8. The Morgan fingerprint density at radius 1 is 1.06 bits per heavy atom. The first-order valence-corrected chi connectivity index (χ1v) is 6.52. The fourth-order valence-electron chi connectivity index (χ4n) is 2.69. The van der Waals surface area contributed by atoms with Crippen molar-refractivity contribution in [3.63, 3.8) is 0 Å². The van der Waals surface area contributed by atoms with Gasteiger partial charge in [0.25, 0.3) is 0 Å². The summed E-state index contributed by atoms with van der Waals surface area (Å²) in [6.07, 6.45) is 3.76. The van der Waals surface area contributed by atoms with Crippen molar-refractivity contribution >= 4 is 11.6 Å². The molecule has 0 unspecified atom stereocenters. The zero-order valence-corrected chi connectivity index (χ0v) is 10.5. The summed E-state index contributed by atoms with van der Waals surface area (Å²) >= 11 is 6.38. The highest BCUT2D eigenvalue weighted by atomic mass is 35.5. The minimum atomic E-state index is 0.701. The van der Waals surface area contributed by atoms with E-state index >= 15 is 0 Å². The van der Waals surface area contributed by atoms with Gasteiger partial charge < -0.3 is 15.2 Å². The molecule has 3 nitrogen and oxygen atoms in total. The third-order valence-corrected chi connectivity index (χ3v) is 3.88. The third-order valence-electron chi connectivity index (χ3n) is 3.48. The van der Waals surface area contributed by atoms with Crippen molar-refractivity contribution in [2.75, 3.05) is 19.8 Å². The second-order valence-electron chi connectivity index (χ2n) is 4.50. The highest BCUT2D eigenvalue weighted by Gasteiger charge is 2.30. The van der Waals surface area contributed by atoms with Crippen molar-refractivity contribution in [2.45, 2.75) is 25.7 Å². The average molecular weight is 254 g/mol. The fourth-order valence-corrected chi connectivity index (χ4v) is 3.04. The van der Waals surface area contributed by atoms with Crippen molar-refractivity contribution in [2.24, 2.45) is 5.73 Å². The highest BCUT2D eigenvalue weighted by Crippen LogP contribution is 2.47. The van der Waals surface area contributed by atoms with Gasteiger partial charge in [0.2, 0.25) is 0 Å².